The molecule has 7 nitrogen and oxygen atoms in total. The van der Waals surface area contributed by atoms with Crippen LogP contribution < -0.4 is 10.6 Å². The molecule has 1 aromatic heterocycles. The van der Waals surface area contributed by atoms with Crippen molar-refractivity contribution in [1.29, 1.82) is 0 Å². The largest absolute Gasteiger partial charge is 0.381 e. The van der Waals surface area contributed by atoms with Gasteiger partial charge in [0.1, 0.15) is 5.82 Å². The van der Waals surface area contributed by atoms with Crippen molar-refractivity contribution in [3.05, 3.63) is 11.8 Å². The van der Waals surface area contributed by atoms with E-state index in [1.807, 2.05) is 17.9 Å². The lowest BCUT2D eigenvalue weighted by molar-refractivity contribution is -0.133. The fourth-order valence-electron chi connectivity index (χ4n) is 3.27. The van der Waals surface area contributed by atoms with Crippen LogP contribution >= 0.6 is 0 Å². The number of hydrogen-bond donors (Lipinski definition) is 1. The minimum absolute atomic E-state index is 0.249. The van der Waals surface area contributed by atoms with Gasteiger partial charge in [-0.2, -0.15) is 4.98 Å². The number of ether oxygens (including phenoxy) is 1. The normalized spacial score (nSPS) is 22.2. The van der Waals surface area contributed by atoms with Gasteiger partial charge in [0.15, 0.2) is 0 Å². The Kier molecular flexibility index (Phi) is 4.95. The van der Waals surface area contributed by atoms with Crippen LogP contribution in [0.3, 0.4) is 0 Å². The average molecular weight is 319 g/mol. The number of hydrogen-bond acceptors (Lipinski definition) is 6. The summed E-state index contributed by atoms with van der Waals surface area (Å²) in [6.07, 6.45) is 2.78. The molecule has 7 heteroatoms. The van der Waals surface area contributed by atoms with Crippen molar-refractivity contribution in [3.63, 3.8) is 0 Å². The van der Waals surface area contributed by atoms with Crippen LogP contribution in [0.1, 0.15) is 25.0 Å². The van der Waals surface area contributed by atoms with Crippen LogP contribution in [0.25, 0.3) is 0 Å². The number of amides is 1. The van der Waals surface area contributed by atoms with Crippen LogP contribution in [0, 0.1) is 12.8 Å². The van der Waals surface area contributed by atoms with Crippen molar-refractivity contribution < 1.29 is 9.53 Å². The van der Waals surface area contributed by atoms with Crippen molar-refractivity contribution in [1.82, 2.24) is 14.9 Å². The van der Waals surface area contributed by atoms with E-state index in [2.05, 4.69) is 14.9 Å². The lowest BCUT2D eigenvalue weighted by Crippen LogP contribution is -2.49. The molecule has 2 fully saturated rings. The molecule has 3 rings (SSSR count). The number of rotatable bonds is 3. The Hall–Kier alpha value is -1.89. The quantitative estimate of drug-likeness (QED) is 0.888. The lowest BCUT2D eigenvalue weighted by Gasteiger charge is -2.36. The second-order valence-corrected chi connectivity index (χ2v) is 6.38. The summed E-state index contributed by atoms with van der Waals surface area (Å²) in [4.78, 5) is 24.9. The van der Waals surface area contributed by atoms with Crippen molar-refractivity contribution in [2.24, 2.45) is 5.92 Å². The molecule has 0 bridgehead atoms. The zero-order valence-electron chi connectivity index (χ0n) is 13.7. The van der Waals surface area contributed by atoms with Gasteiger partial charge in [-0.1, -0.05) is 0 Å². The zero-order valence-corrected chi connectivity index (χ0v) is 13.7. The lowest BCUT2D eigenvalue weighted by atomic mass is 9.98. The Bertz CT molecular complexity index is 531. The SMILES string of the molecule is Cc1cc(N2CCN(C(=O)C[C@@H]3CCCOC3)CC2)nc(N)n1. The second kappa shape index (κ2) is 7.12. The van der Waals surface area contributed by atoms with E-state index in [1.165, 1.54) is 0 Å². The predicted octanol–water partition coefficient (Wildman–Crippen LogP) is 0.833. The number of carbonyl (C=O) groups excluding carboxylic acids is 1. The fraction of sp³-hybridized carbons (Fsp3) is 0.688. The topological polar surface area (TPSA) is 84.6 Å². The molecule has 126 valence electrons. The molecule has 0 aliphatic carbocycles. The number of carbonyl (C=O) groups is 1. The monoisotopic (exact) mass is 319 g/mol. The summed E-state index contributed by atoms with van der Waals surface area (Å²) < 4.78 is 5.46. The highest BCUT2D eigenvalue weighted by Gasteiger charge is 2.25. The van der Waals surface area contributed by atoms with Gasteiger partial charge < -0.3 is 20.3 Å². The summed E-state index contributed by atoms with van der Waals surface area (Å²) in [5.74, 6) is 1.79. The molecule has 1 atom stereocenters. The summed E-state index contributed by atoms with van der Waals surface area (Å²) >= 11 is 0. The van der Waals surface area contributed by atoms with E-state index in [9.17, 15) is 4.79 Å². The van der Waals surface area contributed by atoms with E-state index in [4.69, 9.17) is 10.5 Å². The number of nitrogens with zero attached hydrogens (tertiary/aromatic N) is 4. The number of aromatic nitrogens is 2. The highest BCUT2D eigenvalue weighted by atomic mass is 16.5. The first-order valence-electron chi connectivity index (χ1n) is 8.33. The van der Waals surface area contributed by atoms with E-state index in [1.54, 1.807) is 0 Å². The van der Waals surface area contributed by atoms with Gasteiger partial charge in [-0.25, -0.2) is 4.98 Å². The summed E-state index contributed by atoms with van der Waals surface area (Å²) in [7, 11) is 0. The molecule has 2 saturated heterocycles. The maximum Gasteiger partial charge on any atom is 0.223 e. The minimum Gasteiger partial charge on any atom is -0.381 e. The Labute approximate surface area is 136 Å². The van der Waals surface area contributed by atoms with E-state index in [-0.39, 0.29) is 5.91 Å². The van der Waals surface area contributed by atoms with Gasteiger partial charge in [0.25, 0.3) is 0 Å². The third-order valence-corrected chi connectivity index (χ3v) is 4.53. The number of nitrogens with two attached hydrogens (primary N) is 1. The van der Waals surface area contributed by atoms with Gasteiger partial charge in [-0.15, -0.1) is 0 Å². The molecule has 0 aromatic carbocycles. The molecule has 23 heavy (non-hydrogen) atoms. The molecule has 0 unspecified atom stereocenters. The van der Waals surface area contributed by atoms with Crippen LogP contribution in [0.15, 0.2) is 6.07 Å². The Morgan fingerprint density at radius 3 is 2.78 bits per heavy atom. The predicted molar refractivity (Wildman–Crippen MR) is 88.1 cm³/mol. The highest BCUT2D eigenvalue weighted by Crippen LogP contribution is 2.20. The van der Waals surface area contributed by atoms with Gasteiger partial charge in [-0.3, -0.25) is 4.79 Å². The molecule has 0 radical (unpaired) electrons. The molecule has 2 aliphatic rings. The molecule has 2 aliphatic heterocycles. The fourth-order valence-corrected chi connectivity index (χ4v) is 3.27. The Morgan fingerprint density at radius 2 is 2.13 bits per heavy atom. The van der Waals surface area contributed by atoms with Crippen LogP contribution in [0.4, 0.5) is 11.8 Å². The summed E-state index contributed by atoms with van der Waals surface area (Å²) in [6, 6.07) is 1.94. The summed E-state index contributed by atoms with van der Waals surface area (Å²) in [5, 5.41) is 0. The number of anilines is 2. The smallest absolute Gasteiger partial charge is 0.223 e. The standard InChI is InChI=1S/C16H25N5O2/c1-12-9-14(19-16(17)18-12)20-4-6-21(7-5-20)15(22)10-13-3-2-8-23-11-13/h9,13H,2-8,10-11H2,1H3,(H2,17,18,19)/t13-/m0/s1. The van der Waals surface area contributed by atoms with E-state index in [0.717, 1.165) is 63.7 Å². The van der Waals surface area contributed by atoms with E-state index in [0.29, 0.717) is 18.3 Å². The van der Waals surface area contributed by atoms with E-state index < -0.39 is 0 Å². The summed E-state index contributed by atoms with van der Waals surface area (Å²) in [6.45, 7) is 6.50. The Morgan fingerprint density at radius 1 is 1.35 bits per heavy atom. The Balaban J connectivity index is 1.52. The molecule has 0 spiro atoms. The second-order valence-electron chi connectivity index (χ2n) is 6.38. The zero-order chi connectivity index (χ0) is 16.2. The molecular weight excluding hydrogens is 294 g/mol. The van der Waals surface area contributed by atoms with Gasteiger partial charge in [0.05, 0.1) is 0 Å². The van der Waals surface area contributed by atoms with Crippen LogP contribution in [-0.4, -0.2) is 60.2 Å². The summed E-state index contributed by atoms with van der Waals surface area (Å²) in [5.41, 5.74) is 6.58. The van der Waals surface area contributed by atoms with Crippen LogP contribution in [0.5, 0.6) is 0 Å². The maximum absolute atomic E-state index is 12.4. The van der Waals surface area contributed by atoms with Gasteiger partial charge in [0.2, 0.25) is 11.9 Å². The molecule has 0 saturated carbocycles. The molecule has 1 aromatic rings. The van der Waals surface area contributed by atoms with Gasteiger partial charge in [0, 0.05) is 57.6 Å². The minimum atomic E-state index is 0.249. The average Bonchev–Trinajstić information content (AvgIpc) is 2.55. The van der Waals surface area contributed by atoms with Crippen molar-refractivity contribution in [2.75, 3.05) is 50.0 Å². The van der Waals surface area contributed by atoms with Crippen LogP contribution in [0.2, 0.25) is 0 Å². The first kappa shape index (κ1) is 16.0. The molecular formula is C16H25N5O2. The first-order chi connectivity index (χ1) is 11.1. The van der Waals surface area contributed by atoms with Crippen LogP contribution in [-0.2, 0) is 9.53 Å². The van der Waals surface area contributed by atoms with Gasteiger partial charge >= 0.3 is 0 Å². The van der Waals surface area contributed by atoms with Crippen molar-refractivity contribution in [3.8, 4) is 0 Å². The maximum atomic E-state index is 12.4. The number of piperazine rings is 1. The van der Waals surface area contributed by atoms with Crippen molar-refractivity contribution >= 4 is 17.7 Å². The highest BCUT2D eigenvalue weighted by molar-refractivity contribution is 5.76. The van der Waals surface area contributed by atoms with Gasteiger partial charge in [-0.05, 0) is 25.7 Å². The molecule has 1 amide bonds. The van der Waals surface area contributed by atoms with Crippen molar-refractivity contribution in [2.45, 2.75) is 26.2 Å². The molecule has 2 N–H and O–H groups in total. The number of nitrogen functional groups attached to an aromatic ring is 1. The van der Waals surface area contributed by atoms with E-state index >= 15 is 0 Å². The third-order valence-electron chi connectivity index (χ3n) is 4.53. The first-order valence-corrected chi connectivity index (χ1v) is 8.33. The molecule has 3 heterocycles. The number of aryl methyl sites for hydroxylation is 1. The third kappa shape index (κ3) is 4.10.